The molecule has 168 valence electrons. The summed E-state index contributed by atoms with van der Waals surface area (Å²) in [5.41, 5.74) is 3.48. The summed E-state index contributed by atoms with van der Waals surface area (Å²) < 4.78 is 28.8. The van der Waals surface area contributed by atoms with Crippen molar-refractivity contribution in [1.29, 1.82) is 0 Å². The first-order valence-corrected chi connectivity index (χ1v) is 10.5. The van der Waals surface area contributed by atoms with Crippen LogP contribution >= 0.6 is 0 Å². The number of fused-ring (bicyclic) bond motifs is 1. The molecule has 1 atom stereocenters. The lowest BCUT2D eigenvalue weighted by atomic mass is 9.98. The number of hydrogen-bond acceptors (Lipinski definition) is 5. The molecule has 1 aliphatic heterocycles. The predicted octanol–water partition coefficient (Wildman–Crippen LogP) is 3.94. The largest absolute Gasteiger partial charge is 0.366 e. The molecule has 7 nitrogen and oxygen atoms in total. The van der Waals surface area contributed by atoms with Gasteiger partial charge in [0.1, 0.15) is 23.5 Å². The Hall–Kier alpha value is -3.49. The van der Waals surface area contributed by atoms with Gasteiger partial charge in [0.15, 0.2) is 0 Å². The number of likely N-dealkylation sites (N-methyl/N-ethyl adjacent to an activating group) is 1. The second-order valence-corrected chi connectivity index (χ2v) is 8.41. The zero-order valence-electron chi connectivity index (χ0n) is 18.5. The third-order valence-electron chi connectivity index (χ3n) is 5.63. The SMILES string of the molecule is Cc1nc(NCc2cnn(Cc3cc(F)ccc3F)c2)cc2c1NC(=O)C(C(C)C)N2C. The van der Waals surface area contributed by atoms with Gasteiger partial charge >= 0.3 is 0 Å². The third kappa shape index (κ3) is 4.28. The van der Waals surface area contributed by atoms with E-state index in [1.807, 2.05) is 38.8 Å². The monoisotopic (exact) mass is 440 g/mol. The van der Waals surface area contributed by atoms with E-state index in [0.717, 1.165) is 34.8 Å². The minimum Gasteiger partial charge on any atom is -0.366 e. The third-order valence-corrected chi connectivity index (χ3v) is 5.63. The maximum Gasteiger partial charge on any atom is 0.247 e. The molecule has 2 aromatic heterocycles. The Kier molecular flexibility index (Phi) is 5.82. The number of hydrogen-bond donors (Lipinski definition) is 2. The van der Waals surface area contributed by atoms with Gasteiger partial charge in [-0.3, -0.25) is 9.48 Å². The Morgan fingerprint density at radius 2 is 2.03 bits per heavy atom. The Morgan fingerprint density at radius 3 is 2.78 bits per heavy atom. The molecule has 4 rings (SSSR count). The Balaban J connectivity index is 1.48. The highest BCUT2D eigenvalue weighted by atomic mass is 19.1. The van der Waals surface area contributed by atoms with Crippen molar-refractivity contribution in [3.8, 4) is 0 Å². The van der Waals surface area contributed by atoms with Crippen molar-refractivity contribution in [2.24, 2.45) is 5.92 Å². The van der Waals surface area contributed by atoms with E-state index < -0.39 is 11.6 Å². The van der Waals surface area contributed by atoms with E-state index in [4.69, 9.17) is 0 Å². The van der Waals surface area contributed by atoms with Gasteiger partial charge in [0.05, 0.1) is 29.8 Å². The van der Waals surface area contributed by atoms with Crippen LogP contribution in [0, 0.1) is 24.5 Å². The Morgan fingerprint density at radius 1 is 1.25 bits per heavy atom. The highest BCUT2D eigenvalue weighted by Gasteiger charge is 2.34. The molecule has 0 saturated carbocycles. The van der Waals surface area contributed by atoms with E-state index in [9.17, 15) is 13.6 Å². The molecule has 0 saturated heterocycles. The molecule has 1 aliphatic rings. The Bertz CT molecular complexity index is 1160. The van der Waals surface area contributed by atoms with Gasteiger partial charge in [-0.2, -0.15) is 5.10 Å². The average Bonchev–Trinajstić information content (AvgIpc) is 3.17. The number of nitrogens with zero attached hydrogens (tertiary/aromatic N) is 4. The van der Waals surface area contributed by atoms with Gasteiger partial charge in [-0.25, -0.2) is 13.8 Å². The van der Waals surface area contributed by atoms with E-state index in [1.165, 1.54) is 6.07 Å². The number of halogens is 2. The summed E-state index contributed by atoms with van der Waals surface area (Å²) in [5, 5.41) is 10.5. The van der Waals surface area contributed by atoms with Crippen LogP contribution in [0.5, 0.6) is 0 Å². The molecule has 1 unspecified atom stereocenters. The quantitative estimate of drug-likeness (QED) is 0.607. The minimum absolute atomic E-state index is 0.0252. The molecule has 0 bridgehead atoms. The van der Waals surface area contributed by atoms with Gasteiger partial charge in [0.2, 0.25) is 5.91 Å². The summed E-state index contributed by atoms with van der Waals surface area (Å²) in [5.74, 6) is -0.137. The van der Waals surface area contributed by atoms with Crippen molar-refractivity contribution in [2.75, 3.05) is 22.6 Å². The molecule has 1 amide bonds. The molecule has 0 spiro atoms. The van der Waals surface area contributed by atoms with Crippen LogP contribution in [-0.2, 0) is 17.9 Å². The fraction of sp³-hybridized carbons (Fsp3) is 0.348. The number of amides is 1. The zero-order chi connectivity index (χ0) is 23.0. The van der Waals surface area contributed by atoms with Crippen molar-refractivity contribution in [1.82, 2.24) is 14.8 Å². The first-order valence-electron chi connectivity index (χ1n) is 10.5. The predicted molar refractivity (Wildman–Crippen MR) is 120 cm³/mol. The average molecular weight is 440 g/mol. The van der Waals surface area contributed by atoms with Gasteiger partial charge in [-0.15, -0.1) is 0 Å². The molecule has 3 aromatic rings. The van der Waals surface area contributed by atoms with Gasteiger partial charge in [-0.05, 0) is 31.0 Å². The summed E-state index contributed by atoms with van der Waals surface area (Å²) in [6.45, 7) is 6.50. The summed E-state index contributed by atoms with van der Waals surface area (Å²) in [6.07, 6.45) is 3.46. The lowest BCUT2D eigenvalue weighted by Gasteiger charge is -2.38. The van der Waals surface area contributed by atoms with Crippen LogP contribution < -0.4 is 15.5 Å². The van der Waals surface area contributed by atoms with Crippen molar-refractivity contribution in [3.05, 3.63) is 65.1 Å². The van der Waals surface area contributed by atoms with Gasteiger partial charge in [0, 0.05) is 37.0 Å². The normalized spacial score (nSPS) is 15.7. The lowest BCUT2D eigenvalue weighted by Crippen LogP contribution is -2.49. The minimum atomic E-state index is -0.481. The zero-order valence-corrected chi connectivity index (χ0v) is 18.5. The first-order chi connectivity index (χ1) is 15.2. The number of carbonyl (C=O) groups is 1. The van der Waals surface area contributed by atoms with Crippen molar-refractivity contribution >= 4 is 23.1 Å². The van der Waals surface area contributed by atoms with Crippen molar-refractivity contribution in [2.45, 2.75) is 39.9 Å². The maximum atomic E-state index is 13.9. The molecular formula is C23H26F2N6O. The van der Waals surface area contributed by atoms with Crippen LogP contribution in [-0.4, -0.2) is 33.8 Å². The van der Waals surface area contributed by atoms with E-state index in [-0.39, 0.29) is 30.0 Å². The second kappa shape index (κ2) is 8.57. The van der Waals surface area contributed by atoms with E-state index in [1.54, 1.807) is 17.1 Å². The summed E-state index contributed by atoms with van der Waals surface area (Å²) in [6, 6.07) is 5.05. The number of nitrogens with one attached hydrogen (secondary N) is 2. The fourth-order valence-electron chi connectivity index (χ4n) is 4.07. The number of aromatic nitrogens is 3. The van der Waals surface area contributed by atoms with Gasteiger partial charge < -0.3 is 15.5 Å². The molecule has 9 heteroatoms. The van der Waals surface area contributed by atoms with Crippen LogP contribution in [0.25, 0.3) is 0 Å². The first kappa shape index (κ1) is 21.7. The van der Waals surface area contributed by atoms with Gasteiger partial charge in [-0.1, -0.05) is 13.8 Å². The van der Waals surface area contributed by atoms with Crippen LogP contribution in [0.1, 0.15) is 30.7 Å². The summed E-state index contributed by atoms with van der Waals surface area (Å²) in [7, 11) is 1.92. The fourth-order valence-corrected chi connectivity index (χ4v) is 4.07. The molecule has 3 heterocycles. The van der Waals surface area contributed by atoms with E-state index in [0.29, 0.717) is 12.4 Å². The highest BCUT2D eigenvalue weighted by molar-refractivity contribution is 6.04. The summed E-state index contributed by atoms with van der Waals surface area (Å²) in [4.78, 5) is 19.0. The van der Waals surface area contributed by atoms with Crippen molar-refractivity contribution < 1.29 is 13.6 Å². The molecule has 1 aromatic carbocycles. The van der Waals surface area contributed by atoms with Crippen LogP contribution in [0.3, 0.4) is 0 Å². The van der Waals surface area contributed by atoms with Crippen LogP contribution in [0.2, 0.25) is 0 Å². The standard InChI is InChI=1S/C23H26F2N6O/c1-13(2)22-23(32)29-21-14(3)28-20(8-19(21)30(22)4)26-9-15-10-27-31(11-15)12-16-7-17(24)5-6-18(16)25/h5-8,10-11,13,22H,9,12H2,1-4H3,(H,26,28)(H,29,32). The number of carbonyl (C=O) groups excluding carboxylic acids is 1. The number of aryl methyl sites for hydroxylation is 1. The van der Waals surface area contributed by atoms with Gasteiger partial charge in [0.25, 0.3) is 0 Å². The second-order valence-electron chi connectivity index (χ2n) is 8.41. The number of rotatable bonds is 6. The molecule has 32 heavy (non-hydrogen) atoms. The van der Waals surface area contributed by atoms with Crippen LogP contribution in [0.4, 0.5) is 26.0 Å². The molecule has 2 N–H and O–H groups in total. The highest BCUT2D eigenvalue weighted by Crippen LogP contribution is 2.36. The Labute approximate surface area is 185 Å². The van der Waals surface area contributed by atoms with Crippen molar-refractivity contribution in [3.63, 3.8) is 0 Å². The lowest BCUT2D eigenvalue weighted by molar-refractivity contribution is -0.118. The molecule has 0 fully saturated rings. The smallest absolute Gasteiger partial charge is 0.247 e. The van der Waals surface area contributed by atoms with Crippen LogP contribution in [0.15, 0.2) is 36.7 Å². The maximum absolute atomic E-state index is 13.9. The number of anilines is 3. The molecular weight excluding hydrogens is 414 g/mol. The summed E-state index contributed by atoms with van der Waals surface area (Å²) >= 11 is 0. The van der Waals surface area contributed by atoms with E-state index in [2.05, 4.69) is 20.7 Å². The number of benzene rings is 1. The molecule has 0 radical (unpaired) electrons. The van der Waals surface area contributed by atoms with E-state index >= 15 is 0 Å². The number of pyridine rings is 1. The molecule has 0 aliphatic carbocycles. The topological polar surface area (TPSA) is 75.1 Å².